The summed E-state index contributed by atoms with van der Waals surface area (Å²) in [5.41, 5.74) is 1.73. The molecule has 0 saturated heterocycles. The molecule has 1 aliphatic rings. The van der Waals surface area contributed by atoms with Crippen molar-refractivity contribution in [3.05, 3.63) is 77.6 Å². The molecule has 1 atom stereocenters. The van der Waals surface area contributed by atoms with Gasteiger partial charge >= 0.3 is 6.03 Å². The number of methoxy groups -OCH3 is 1. The van der Waals surface area contributed by atoms with Crippen LogP contribution in [0, 0.1) is 5.82 Å². The average Bonchev–Trinajstić information content (AvgIpc) is 2.74. The highest BCUT2D eigenvalue weighted by Gasteiger charge is 2.28. The second kappa shape index (κ2) is 10.1. The molecule has 0 aromatic heterocycles. The number of carbonyl (C=O) groups is 2. The zero-order valence-corrected chi connectivity index (χ0v) is 18.0. The summed E-state index contributed by atoms with van der Waals surface area (Å²) in [6, 6.07) is 13.0. The van der Waals surface area contributed by atoms with Crippen LogP contribution in [0.15, 0.2) is 60.7 Å². The zero-order valence-electron chi connectivity index (χ0n) is 18.0. The topological polar surface area (TPSA) is 61.9 Å². The maximum absolute atomic E-state index is 13.4. The number of rotatable bonds is 5. The van der Waals surface area contributed by atoms with Crippen LogP contribution in [0.25, 0.3) is 0 Å². The summed E-state index contributed by atoms with van der Waals surface area (Å²) in [5, 5.41) is 2.83. The van der Waals surface area contributed by atoms with Crippen molar-refractivity contribution in [2.24, 2.45) is 0 Å². The molecule has 1 aliphatic heterocycles. The van der Waals surface area contributed by atoms with Crippen molar-refractivity contribution in [3.8, 4) is 5.75 Å². The monoisotopic (exact) mass is 425 g/mol. The molecule has 164 valence electrons. The largest absolute Gasteiger partial charge is 0.497 e. The lowest BCUT2D eigenvalue weighted by molar-refractivity contribution is -0.134. The van der Waals surface area contributed by atoms with Gasteiger partial charge in [-0.1, -0.05) is 36.4 Å². The maximum atomic E-state index is 13.4. The van der Waals surface area contributed by atoms with E-state index in [0.717, 1.165) is 16.9 Å². The molecule has 0 radical (unpaired) electrons. The SMILES string of the molecule is COc1ccc([C@H]2/C=C\CN(C(=O)NC(C)C)CC(=O)N2Cc2ccc(F)cc2)cc1. The molecule has 1 N–H and O–H groups in total. The molecule has 0 spiro atoms. The maximum Gasteiger partial charge on any atom is 0.318 e. The first-order valence-electron chi connectivity index (χ1n) is 10.3. The molecule has 7 heteroatoms. The Labute approximate surface area is 182 Å². The first kappa shape index (κ1) is 22.3. The van der Waals surface area contributed by atoms with Gasteiger partial charge < -0.3 is 19.9 Å². The number of halogens is 1. The van der Waals surface area contributed by atoms with Crippen molar-refractivity contribution < 1.29 is 18.7 Å². The van der Waals surface area contributed by atoms with Crippen LogP contribution >= 0.6 is 0 Å². The number of ether oxygens (including phenoxy) is 1. The van der Waals surface area contributed by atoms with Gasteiger partial charge in [-0.15, -0.1) is 0 Å². The van der Waals surface area contributed by atoms with E-state index in [9.17, 15) is 14.0 Å². The molecular weight excluding hydrogens is 397 g/mol. The van der Waals surface area contributed by atoms with E-state index < -0.39 is 0 Å². The van der Waals surface area contributed by atoms with Gasteiger partial charge in [0.05, 0.1) is 13.2 Å². The first-order chi connectivity index (χ1) is 14.9. The van der Waals surface area contributed by atoms with E-state index in [1.165, 1.54) is 17.0 Å². The Morgan fingerprint density at radius 2 is 1.84 bits per heavy atom. The van der Waals surface area contributed by atoms with Crippen molar-refractivity contribution in [1.82, 2.24) is 15.1 Å². The molecule has 1 heterocycles. The number of hydrogen-bond acceptors (Lipinski definition) is 3. The molecule has 0 unspecified atom stereocenters. The van der Waals surface area contributed by atoms with Gasteiger partial charge in [0, 0.05) is 19.1 Å². The van der Waals surface area contributed by atoms with Crippen LogP contribution in [0.5, 0.6) is 5.75 Å². The summed E-state index contributed by atoms with van der Waals surface area (Å²) >= 11 is 0. The quantitative estimate of drug-likeness (QED) is 0.740. The minimum absolute atomic E-state index is 0.0283. The van der Waals surface area contributed by atoms with Crippen LogP contribution in [0.4, 0.5) is 9.18 Å². The Balaban J connectivity index is 1.92. The highest BCUT2D eigenvalue weighted by molar-refractivity contribution is 5.85. The fraction of sp³-hybridized carbons (Fsp3) is 0.333. The third kappa shape index (κ3) is 5.84. The molecule has 3 rings (SSSR count). The number of urea groups is 1. The second-order valence-electron chi connectivity index (χ2n) is 7.78. The summed E-state index contributed by atoms with van der Waals surface area (Å²) in [5.74, 6) is 0.214. The summed E-state index contributed by atoms with van der Waals surface area (Å²) in [7, 11) is 1.60. The van der Waals surface area contributed by atoms with Crippen molar-refractivity contribution in [1.29, 1.82) is 0 Å². The lowest BCUT2D eigenvalue weighted by atomic mass is 10.0. The summed E-state index contributed by atoms with van der Waals surface area (Å²) < 4.78 is 18.6. The van der Waals surface area contributed by atoms with Gasteiger partial charge in [0.15, 0.2) is 0 Å². The molecule has 2 aromatic carbocycles. The van der Waals surface area contributed by atoms with Crippen LogP contribution in [0.3, 0.4) is 0 Å². The zero-order chi connectivity index (χ0) is 22.4. The molecule has 0 bridgehead atoms. The van der Waals surface area contributed by atoms with E-state index in [0.29, 0.717) is 13.1 Å². The Hall–Kier alpha value is -3.35. The lowest BCUT2D eigenvalue weighted by Gasteiger charge is -2.35. The van der Waals surface area contributed by atoms with Crippen molar-refractivity contribution in [3.63, 3.8) is 0 Å². The van der Waals surface area contributed by atoms with Gasteiger partial charge in [0.25, 0.3) is 0 Å². The van der Waals surface area contributed by atoms with Gasteiger partial charge in [-0.25, -0.2) is 9.18 Å². The minimum Gasteiger partial charge on any atom is -0.497 e. The third-order valence-corrected chi connectivity index (χ3v) is 5.05. The highest BCUT2D eigenvalue weighted by atomic mass is 19.1. The van der Waals surface area contributed by atoms with Gasteiger partial charge in [0.2, 0.25) is 5.91 Å². The van der Waals surface area contributed by atoms with Crippen molar-refractivity contribution >= 4 is 11.9 Å². The van der Waals surface area contributed by atoms with E-state index in [-0.39, 0.29) is 36.4 Å². The molecule has 3 amide bonds. The predicted molar refractivity (Wildman–Crippen MR) is 117 cm³/mol. The van der Waals surface area contributed by atoms with Crippen LogP contribution in [-0.2, 0) is 11.3 Å². The van der Waals surface area contributed by atoms with Crippen molar-refractivity contribution in [2.45, 2.75) is 32.5 Å². The van der Waals surface area contributed by atoms with Crippen LogP contribution in [-0.4, -0.2) is 48.0 Å². The summed E-state index contributed by atoms with van der Waals surface area (Å²) in [4.78, 5) is 29.0. The van der Waals surface area contributed by atoms with Crippen LogP contribution < -0.4 is 10.1 Å². The second-order valence-corrected chi connectivity index (χ2v) is 7.78. The predicted octanol–water partition coefficient (Wildman–Crippen LogP) is 3.89. The van der Waals surface area contributed by atoms with Gasteiger partial charge in [-0.3, -0.25) is 4.79 Å². The number of hydrogen-bond donors (Lipinski definition) is 1. The fourth-order valence-electron chi connectivity index (χ4n) is 3.45. The average molecular weight is 426 g/mol. The van der Waals surface area contributed by atoms with E-state index in [1.807, 2.05) is 50.3 Å². The van der Waals surface area contributed by atoms with E-state index in [1.54, 1.807) is 24.1 Å². The standard InChI is InChI=1S/C24H28FN3O3/c1-17(2)26-24(30)27-14-4-5-22(19-8-12-21(31-3)13-9-19)28(23(29)16-27)15-18-6-10-20(25)11-7-18/h4-13,17,22H,14-16H2,1-3H3,(H,26,30)/b5-4-/t22-/m1/s1. The summed E-state index contributed by atoms with van der Waals surface area (Å²) in [6.07, 6.45) is 3.83. The molecular formula is C24H28FN3O3. The number of carbonyl (C=O) groups excluding carboxylic acids is 2. The first-order valence-corrected chi connectivity index (χ1v) is 10.3. The normalized spacial score (nSPS) is 17.8. The minimum atomic E-state index is -0.328. The van der Waals surface area contributed by atoms with E-state index in [2.05, 4.69) is 5.32 Å². The Kier molecular flexibility index (Phi) is 7.28. The smallest absolute Gasteiger partial charge is 0.318 e. The molecule has 0 aliphatic carbocycles. The van der Waals surface area contributed by atoms with E-state index in [4.69, 9.17) is 4.74 Å². The van der Waals surface area contributed by atoms with Crippen LogP contribution in [0.2, 0.25) is 0 Å². The van der Waals surface area contributed by atoms with Gasteiger partial charge in [-0.05, 0) is 49.2 Å². The summed E-state index contributed by atoms with van der Waals surface area (Å²) in [6.45, 7) is 4.33. The molecule has 0 fully saturated rings. The van der Waals surface area contributed by atoms with Crippen molar-refractivity contribution in [2.75, 3.05) is 20.2 Å². The molecule has 2 aromatic rings. The molecule has 31 heavy (non-hydrogen) atoms. The Morgan fingerprint density at radius 1 is 1.16 bits per heavy atom. The van der Waals surface area contributed by atoms with E-state index >= 15 is 0 Å². The number of nitrogens with zero attached hydrogens (tertiary/aromatic N) is 2. The fourth-order valence-corrected chi connectivity index (χ4v) is 3.45. The Bertz CT molecular complexity index is 926. The molecule has 0 saturated carbocycles. The lowest BCUT2D eigenvalue weighted by Crippen LogP contribution is -2.49. The number of benzene rings is 2. The number of amides is 3. The van der Waals surface area contributed by atoms with Gasteiger partial charge in [0.1, 0.15) is 18.1 Å². The molecule has 6 nitrogen and oxygen atoms in total. The van der Waals surface area contributed by atoms with Gasteiger partial charge in [-0.2, -0.15) is 0 Å². The Morgan fingerprint density at radius 3 is 2.45 bits per heavy atom. The number of nitrogens with one attached hydrogen (secondary N) is 1. The van der Waals surface area contributed by atoms with Crippen LogP contribution in [0.1, 0.15) is 31.0 Å². The third-order valence-electron chi connectivity index (χ3n) is 5.05. The highest BCUT2D eigenvalue weighted by Crippen LogP contribution is 2.28.